The van der Waals surface area contributed by atoms with E-state index in [0.717, 1.165) is 5.56 Å². The van der Waals surface area contributed by atoms with E-state index in [1.807, 2.05) is 35.2 Å². The van der Waals surface area contributed by atoms with Gasteiger partial charge in [-0.15, -0.1) is 10.2 Å². The molecule has 0 spiro atoms. The van der Waals surface area contributed by atoms with Crippen LogP contribution in [0.15, 0.2) is 61.2 Å². The summed E-state index contributed by atoms with van der Waals surface area (Å²) in [6, 6.07) is 11.5. The normalized spacial score (nSPS) is 27.5. The summed E-state index contributed by atoms with van der Waals surface area (Å²) in [7, 11) is 0. The SMILES string of the molecule is O=C(Nc1cccnc1)N[C@@H]1CCN(c2nc(N[C@@]3(Cc4ccccc4)C[C@@H]3O)c3ncn(C4CC(n5nnc(CO)n5)[C@@H](O)[C@H]4O)c3n2)C1. The molecule has 18 nitrogen and oxygen atoms in total. The van der Waals surface area contributed by atoms with Gasteiger partial charge in [0.2, 0.25) is 5.95 Å². The second-order valence-corrected chi connectivity index (χ2v) is 13.2. The fourth-order valence-corrected chi connectivity index (χ4v) is 7.03. The number of urea groups is 1. The third-order valence-electron chi connectivity index (χ3n) is 9.79. The molecule has 1 aromatic carbocycles. The second-order valence-electron chi connectivity index (χ2n) is 13.2. The maximum atomic E-state index is 12.7. The molecule has 2 amide bonds. The summed E-state index contributed by atoms with van der Waals surface area (Å²) < 4.78 is 1.73. The van der Waals surface area contributed by atoms with Gasteiger partial charge in [0.1, 0.15) is 24.9 Å². The van der Waals surface area contributed by atoms with Gasteiger partial charge in [-0.3, -0.25) is 4.98 Å². The summed E-state index contributed by atoms with van der Waals surface area (Å²) in [5, 5.41) is 63.8. The number of hydrogen-bond donors (Lipinski definition) is 7. The van der Waals surface area contributed by atoms with Crippen molar-refractivity contribution < 1.29 is 25.2 Å². The van der Waals surface area contributed by atoms with Crippen LogP contribution in [0.1, 0.15) is 42.7 Å². The number of anilines is 3. The van der Waals surface area contributed by atoms with Gasteiger partial charge in [0.05, 0.1) is 35.9 Å². The Bertz CT molecular complexity index is 1980. The highest BCUT2D eigenvalue weighted by Crippen LogP contribution is 2.44. The largest absolute Gasteiger partial charge is 0.391 e. The van der Waals surface area contributed by atoms with Crippen LogP contribution in [-0.2, 0) is 13.0 Å². The zero-order valence-corrected chi connectivity index (χ0v) is 26.9. The number of aliphatic hydroxyl groups excluding tert-OH is 4. The number of rotatable bonds is 10. The Hall–Kier alpha value is -5.30. The van der Waals surface area contributed by atoms with E-state index in [9.17, 15) is 25.2 Å². The molecule has 1 saturated heterocycles. The summed E-state index contributed by atoms with van der Waals surface area (Å²) in [6.45, 7) is 0.598. The Morgan fingerprint density at radius 3 is 2.60 bits per heavy atom. The van der Waals surface area contributed by atoms with Crippen LogP contribution in [0.5, 0.6) is 0 Å². The molecule has 3 aliphatic rings. The predicted molar refractivity (Wildman–Crippen MR) is 178 cm³/mol. The number of pyridine rings is 1. The topological polar surface area (TPSA) is 237 Å². The van der Waals surface area contributed by atoms with Gasteiger partial charge in [0.15, 0.2) is 22.8 Å². The fraction of sp³-hybridized carbons (Fsp3) is 0.438. The Kier molecular flexibility index (Phi) is 8.22. The molecule has 2 saturated carbocycles. The molecule has 8 rings (SSSR count). The molecule has 0 radical (unpaired) electrons. The molecule has 2 aliphatic carbocycles. The first-order valence-electron chi connectivity index (χ1n) is 16.5. The quantitative estimate of drug-likeness (QED) is 0.104. The average Bonchev–Trinajstić information content (AvgIpc) is 3.70. The number of hydrogen-bond acceptors (Lipinski definition) is 14. The van der Waals surface area contributed by atoms with E-state index in [2.05, 4.69) is 41.3 Å². The van der Waals surface area contributed by atoms with Crippen molar-refractivity contribution in [3.05, 3.63) is 72.6 Å². The summed E-state index contributed by atoms with van der Waals surface area (Å²) in [6.07, 6.45) is 3.67. The number of carbonyl (C=O) groups excluding carboxylic acids is 1. The molecule has 7 N–H and O–H groups in total. The van der Waals surface area contributed by atoms with Gasteiger partial charge >= 0.3 is 6.03 Å². The number of tetrazole rings is 1. The van der Waals surface area contributed by atoms with Gasteiger partial charge < -0.3 is 45.8 Å². The zero-order valence-electron chi connectivity index (χ0n) is 26.9. The fourth-order valence-electron chi connectivity index (χ4n) is 7.03. The molecule has 0 bridgehead atoms. The van der Waals surface area contributed by atoms with E-state index in [0.29, 0.717) is 61.0 Å². The molecule has 1 aliphatic heterocycles. The van der Waals surface area contributed by atoms with E-state index >= 15 is 0 Å². The molecule has 7 atom stereocenters. The predicted octanol–water partition coefficient (Wildman–Crippen LogP) is 0.166. The van der Waals surface area contributed by atoms with Crippen molar-refractivity contribution >= 4 is 34.6 Å². The molecule has 4 aromatic heterocycles. The van der Waals surface area contributed by atoms with E-state index in [1.165, 1.54) is 4.80 Å². The van der Waals surface area contributed by atoms with Crippen LogP contribution >= 0.6 is 0 Å². The summed E-state index contributed by atoms with van der Waals surface area (Å²) in [5.74, 6) is 0.923. The molecular formula is C32H37N13O5. The van der Waals surface area contributed by atoms with Crippen molar-refractivity contribution in [2.75, 3.05) is 28.6 Å². The van der Waals surface area contributed by atoms with Crippen LogP contribution in [0, 0.1) is 0 Å². The Morgan fingerprint density at radius 2 is 1.86 bits per heavy atom. The monoisotopic (exact) mass is 683 g/mol. The number of nitrogens with zero attached hydrogens (tertiary/aromatic N) is 10. The van der Waals surface area contributed by atoms with Crippen LogP contribution in [0.4, 0.5) is 22.2 Å². The van der Waals surface area contributed by atoms with Gasteiger partial charge in [-0.1, -0.05) is 30.3 Å². The highest BCUT2D eigenvalue weighted by Gasteiger charge is 2.54. The highest BCUT2D eigenvalue weighted by atomic mass is 16.3. The first-order chi connectivity index (χ1) is 24.3. The van der Waals surface area contributed by atoms with Crippen LogP contribution in [0.25, 0.3) is 11.2 Å². The molecule has 50 heavy (non-hydrogen) atoms. The molecule has 2 unspecified atom stereocenters. The standard InChI is InChI=1S/C32H37N13O5/c46-16-24-40-42-45(41-24)22-11-21(26(48)27(22)49)44-17-34-25-28(39-32(13-23(32)47)12-18-5-2-1-3-6-18)37-30(38-29(25)44)43-10-8-20(15-43)36-31(50)35-19-7-4-9-33-14-19/h1-7,9,14,17,20-23,26-27,46-49H,8,10-13,15-16H2,(H2,35,36,50)(H,37,38,39)/t20-,21?,22?,23+,26+,27-,32+/m1/s1. The zero-order chi connectivity index (χ0) is 34.4. The average molecular weight is 684 g/mol. The third-order valence-corrected chi connectivity index (χ3v) is 9.79. The number of amides is 2. The Labute approximate surface area is 285 Å². The number of fused-ring (bicyclic) bond motifs is 1. The van der Waals surface area contributed by atoms with Crippen LogP contribution in [-0.4, -0.2) is 114 Å². The van der Waals surface area contributed by atoms with Crippen molar-refractivity contribution in [1.82, 2.24) is 50.0 Å². The Balaban J connectivity index is 1.10. The molecule has 18 heteroatoms. The molecule has 5 aromatic rings. The minimum Gasteiger partial charge on any atom is -0.391 e. The number of nitrogens with one attached hydrogen (secondary N) is 3. The van der Waals surface area contributed by atoms with Gasteiger partial charge in [0, 0.05) is 31.7 Å². The minimum atomic E-state index is -1.23. The number of imidazole rings is 1. The van der Waals surface area contributed by atoms with Crippen molar-refractivity contribution in [2.24, 2.45) is 0 Å². The molecule has 5 heterocycles. The molecule has 3 fully saturated rings. The maximum absolute atomic E-state index is 12.7. The number of aliphatic hydroxyl groups is 4. The number of carbonyl (C=O) groups is 1. The van der Waals surface area contributed by atoms with Crippen LogP contribution in [0.3, 0.4) is 0 Å². The highest BCUT2D eigenvalue weighted by molar-refractivity contribution is 5.89. The lowest BCUT2D eigenvalue weighted by Crippen LogP contribution is -2.40. The summed E-state index contributed by atoms with van der Waals surface area (Å²) >= 11 is 0. The van der Waals surface area contributed by atoms with Crippen molar-refractivity contribution in [1.29, 1.82) is 0 Å². The van der Waals surface area contributed by atoms with Gasteiger partial charge in [-0.2, -0.15) is 14.8 Å². The summed E-state index contributed by atoms with van der Waals surface area (Å²) in [4.78, 5) is 34.5. The van der Waals surface area contributed by atoms with E-state index < -0.39 is 42.5 Å². The lowest BCUT2D eigenvalue weighted by Gasteiger charge is -2.23. The third kappa shape index (κ3) is 6.06. The Morgan fingerprint density at radius 1 is 1.04 bits per heavy atom. The van der Waals surface area contributed by atoms with Crippen molar-refractivity contribution in [3.63, 3.8) is 0 Å². The smallest absolute Gasteiger partial charge is 0.319 e. The van der Waals surface area contributed by atoms with E-state index in [1.54, 1.807) is 35.4 Å². The maximum Gasteiger partial charge on any atom is 0.319 e. The number of benzene rings is 1. The van der Waals surface area contributed by atoms with Gasteiger partial charge in [-0.05, 0) is 42.2 Å². The van der Waals surface area contributed by atoms with E-state index in [4.69, 9.17) is 9.97 Å². The van der Waals surface area contributed by atoms with Crippen molar-refractivity contribution in [2.45, 2.75) is 74.3 Å². The minimum absolute atomic E-state index is 0.107. The van der Waals surface area contributed by atoms with Gasteiger partial charge in [-0.25, -0.2) is 9.78 Å². The lowest BCUT2D eigenvalue weighted by atomic mass is 10.0. The molecular weight excluding hydrogens is 646 g/mol. The van der Waals surface area contributed by atoms with Crippen molar-refractivity contribution in [3.8, 4) is 0 Å². The van der Waals surface area contributed by atoms with E-state index in [-0.39, 0.29) is 24.3 Å². The first kappa shape index (κ1) is 31.9. The second kappa shape index (κ2) is 12.9. The molecule has 260 valence electrons. The van der Waals surface area contributed by atoms with Crippen LogP contribution < -0.4 is 20.9 Å². The van der Waals surface area contributed by atoms with Crippen LogP contribution in [0.2, 0.25) is 0 Å². The first-order valence-corrected chi connectivity index (χ1v) is 16.5. The lowest BCUT2D eigenvalue weighted by molar-refractivity contribution is 0.00469. The van der Waals surface area contributed by atoms with Gasteiger partial charge in [0.25, 0.3) is 0 Å². The summed E-state index contributed by atoms with van der Waals surface area (Å²) in [5.41, 5.74) is 1.84. The number of aromatic nitrogens is 9.